The summed E-state index contributed by atoms with van der Waals surface area (Å²) in [5.74, 6) is 0.661. The molecular weight excluding hydrogens is 298 g/mol. The Morgan fingerprint density at radius 1 is 1.61 bits per heavy atom. The van der Waals surface area contributed by atoms with Crippen LogP contribution in [-0.4, -0.2) is 41.0 Å². The molecule has 23 heavy (non-hydrogen) atoms. The van der Waals surface area contributed by atoms with E-state index in [9.17, 15) is 4.79 Å². The topological polar surface area (TPSA) is 96.3 Å². The van der Waals surface area contributed by atoms with Gasteiger partial charge in [-0.1, -0.05) is 0 Å². The summed E-state index contributed by atoms with van der Waals surface area (Å²) in [6, 6.07) is 5.28. The molecule has 0 aliphatic carbocycles. The number of rotatable bonds is 8. The van der Waals surface area contributed by atoms with Gasteiger partial charge in [-0.2, -0.15) is 10.4 Å². The maximum atomic E-state index is 12.4. The Bertz CT molecular complexity index is 644. The molecule has 2 aromatic heterocycles. The van der Waals surface area contributed by atoms with Crippen LogP contribution in [0.1, 0.15) is 12.2 Å². The van der Waals surface area contributed by atoms with Crippen molar-refractivity contribution >= 4 is 11.7 Å². The molecule has 2 heterocycles. The number of carbonyl (C=O) groups excluding carboxylic acids is 1. The molecule has 8 nitrogen and oxygen atoms in total. The quantitative estimate of drug-likeness (QED) is 0.804. The molecule has 0 saturated carbocycles. The Morgan fingerprint density at radius 2 is 2.48 bits per heavy atom. The van der Waals surface area contributed by atoms with Crippen LogP contribution in [0, 0.1) is 11.3 Å². The number of furan rings is 1. The van der Waals surface area contributed by atoms with Crippen molar-refractivity contribution in [3.63, 3.8) is 0 Å². The summed E-state index contributed by atoms with van der Waals surface area (Å²) in [7, 11) is 1.62. The predicted octanol–water partition coefficient (Wildman–Crippen LogP) is 2.07. The Labute approximate surface area is 134 Å². The van der Waals surface area contributed by atoms with E-state index in [4.69, 9.17) is 14.4 Å². The normalized spacial score (nSPS) is 10.3. The van der Waals surface area contributed by atoms with Crippen LogP contribution in [0.2, 0.25) is 0 Å². The van der Waals surface area contributed by atoms with Crippen LogP contribution in [0.25, 0.3) is 0 Å². The van der Waals surface area contributed by atoms with Crippen LogP contribution in [0.4, 0.5) is 10.5 Å². The maximum Gasteiger partial charge on any atom is 0.322 e. The van der Waals surface area contributed by atoms with E-state index in [1.165, 1.54) is 4.90 Å². The highest BCUT2D eigenvalue weighted by molar-refractivity contribution is 5.88. The van der Waals surface area contributed by atoms with Crippen LogP contribution in [0.15, 0.2) is 35.2 Å². The molecule has 8 heteroatoms. The minimum atomic E-state index is -0.303. The van der Waals surface area contributed by atoms with Gasteiger partial charge in [-0.3, -0.25) is 4.68 Å². The monoisotopic (exact) mass is 317 g/mol. The number of carbonyl (C=O) groups is 1. The minimum absolute atomic E-state index is 0.251. The number of amides is 2. The summed E-state index contributed by atoms with van der Waals surface area (Å²) in [5, 5.41) is 15.7. The molecule has 0 spiro atoms. The lowest BCUT2D eigenvalue weighted by Gasteiger charge is -2.20. The molecule has 2 rings (SSSR count). The van der Waals surface area contributed by atoms with Gasteiger partial charge in [0.15, 0.2) is 0 Å². The zero-order valence-corrected chi connectivity index (χ0v) is 12.9. The number of methoxy groups -OCH3 is 1. The Balaban J connectivity index is 1.96. The van der Waals surface area contributed by atoms with Gasteiger partial charge in [-0.25, -0.2) is 4.79 Å². The molecule has 0 fully saturated rings. The van der Waals surface area contributed by atoms with Gasteiger partial charge in [0, 0.05) is 19.9 Å². The van der Waals surface area contributed by atoms with E-state index >= 15 is 0 Å². The van der Waals surface area contributed by atoms with Gasteiger partial charge in [0.2, 0.25) is 0 Å². The average molecular weight is 317 g/mol. The minimum Gasteiger partial charge on any atom is -0.467 e. The van der Waals surface area contributed by atoms with Gasteiger partial charge in [-0.05, 0) is 12.1 Å². The second-order valence-electron chi connectivity index (χ2n) is 4.82. The zero-order chi connectivity index (χ0) is 16.5. The van der Waals surface area contributed by atoms with Gasteiger partial charge >= 0.3 is 6.03 Å². The molecule has 2 aromatic rings. The van der Waals surface area contributed by atoms with Crippen molar-refractivity contribution in [3.05, 3.63) is 36.5 Å². The first-order chi connectivity index (χ1) is 11.2. The number of nitrogens with one attached hydrogen (secondary N) is 1. The summed E-state index contributed by atoms with van der Waals surface area (Å²) in [6.07, 6.45) is 5.10. The van der Waals surface area contributed by atoms with Gasteiger partial charge in [-0.15, -0.1) is 0 Å². The number of nitriles is 1. The van der Waals surface area contributed by atoms with Gasteiger partial charge < -0.3 is 19.4 Å². The van der Waals surface area contributed by atoms with Crippen LogP contribution >= 0.6 is 0 Å². The van der Waals surface area contributed by atoms with Crippen molar-refractivity contribution in [2.75, 3.05) is 25.6 Å². The van der Waals surface area contributed by atoms with E-state index in [1.807, 2.05) is 6.07 Å². The van der Waals surface area contributed by atoms with E-state index in [2.05, 4.69) is 10.4 Å². The third-order valence-electron chi connectivity index (χ3n) is 3.12. The molecule has 122 valence electrons. The molecule has 1 N–H and O–H groups in total. The lowest BCUT2D eigenvalue weighted by molar-refractivity contribution is 0.183. The van der Waals surface area contributed by atoms with E-state index < -0.39 is 0 Å². The molecule has 0 aliphatic heterocycles. The van der Waals surface area contributed by atoms with E-state index in [0.29, 0.717) is 37.7 Å². The third kappa shape index (κ3) is 5.16. The summed E-state index contributed by atoms with van der Waals surface area (Å²) in [6.45, 7) is 1.78. The predicted molar refractivity (Wildman–Crippen MR) is 82.5 cm³/mol. The lowest BCUT2D eigenvalue weighted by Crippen LogP contribution is -2.35. The molecule has 0 bridgehead atoms. The van der Waals surface area contributed by atoms with Crippen LogP contribution in [-0.2, 0) is 17.8 Å². The molecule has 0 aliphatic rings. The SMILES string of the molecule is COCCn1cc(NC(=O)N(CCC#N)Cc2ccco2)cn1. The molecule has 0 saturated heterocycles. The number of aromatic nitrogens is 2. The first kappa shape index (κ1) is 16.6. The van der Waals surface area contributed by atoms with Gasteiger partial charge in [0.1, 0.15) is 5.76 Å². The average Bonchev–Trinajstić information content (AvgIpc) is 3.21. The highest BCUT2D eigenvalue weighted by Gasteiger charge is 2.16. The smallest absolute Gasteiger partial charge is 0.322 e. The Kier molecular flexibility index (Phi) is 6.20. The second kappa shape index (κ2) is 8.60. The van der Waals surface area contributed by atoms with E-state index in [0.717, 1.165) is 0 Å². The molecule has 0 aromatic carbocycles. The number of hydrogen-bond donors (Lipinski definition) is 1. The van der Waals surface area contributed by atoms with Crippen molar-refractivity contribution in [1.29, 1.82) is 5.26 Å². The van der Waals surface area contributed by atoms with Crippen molar-refractivity contribution in [1.82, 2.24) is 14.7 Å². The van der Waals surface area contributed by atoms with Gasteiger partial charge in [0.05, 0.1) is 50.3 Å². The fourth-order valence-electron chi connectivity index (χ4n) is 1.97. The number of ether oxygens (including phenoxy) is 1. The standard InChI is InChI=1S/C15H19N5O3/c1-22-9-7-20-11-13(10-17-20)18-15(21)19(6-3-5-16)12-14-4-2-8-23-14/h2,4,8,10-11H,3,6-7,9,12H2,1H3,(H,18,21). The molecule has 2 amide bonds. The first-order valence-electron chi connectivity index (χ1n) is 7.19. The van der Waals surface area contributed by atoms with Gasteiger partial charge in [0.25, 0.3) is 0 Å². The highest BCUT2D eigenvalue weighted by Crippen LogP contribution is 2.10. The van der Waals surface area contributed by atoms with Crippen molar-refractivity contribution in [2.24, 2.45) is 0 Å². The largest absolute Gasteiger partial charge is 0.467 e. The third-order valence-corrected chi connectivity index (χ3v) is 3.12. The highest BCUT2D eigenvalue weighted by atomic mass is 16.5. The molecule has 0 unspecified atom stereocenters. The molecule has 0 atom stereocenters. The second-order valence-corrected chi connectivity index (χ2v) is 4.82. The summed E-state index contributed by atoms with van der Waals surface area (Å²) in [4.78, 5) is 13.9. The lowest BCUT2D eigenvalue weighted by atomic mass is 10.3. The number of urea groups is 1. The van der Waals surface area contributed by atoms with E-state index in [1.54, 1.807) is 42.6 Å². The maximum absolute atomic E-state index is 12.4. The van der Waals surface area contributed by atoms with E-state index in [-0.39, 0.29) is 12.5 Å². The fourth-order valence-corrected chi connectivity index (χ4v) is 1.97. The number of anilines is 1. The van der Waals surface area contributed by atoms with Crippen molar-refractivity contribution in [2.45, 2.75) is 19.5 Å². The van der Waals surface area contributed by atoms with Crippen LogP contribution < -0.4 is 5.32 Å². The summed E-state index contributed by atoms with van der Waals surface area (Å²) < 4.78 is 11.9. The summed E-state index contributed by atoms with van der Waals surface area (Å²) in [5.41, 5.74) is 0.590. The first-order valence-corrected chi connectivity index (χ1v) is 7.19. The van der Waals surface area contributed by atoms with Crippen molar-refractivity contribution in [3.8, 4) is 6.07 Å². The fraction of sp³-hybridized carbons (Fsp3) is 0.400. The molecular formula is C15H19N5O3. The molecule has 0 radical (unpaired) electrons. The number of hydrogen-bond acceptors (Lipinski definition) is 5. The van der Waals surface area contributed by atoms with Crippen molar-refractivity contribution < 1.29 is 13.9 Å². The van der Waals surface area contributed by atoms with Crippen LogP contribution in [0.3, 0.4) is 0 Å². The van der Waals surface area contributed by atoms with Crippen LogP contribution in [0.5, 0.6) is 0 Å². The zero-order valence-electron chi connectivity index (χ0n) is 12.9. The Morgan fingerprint density at radius 3 is 3.17 bits per heavy atom. The number of nitrogens with zero attached hydrogens (tertiary/aromatic N) is 4. The summed E-state index contributed by atoms with van der Waals surface area (Å²) >= 11 is 0. The Hall–Kier alpha value is -2.79.